The molecule has 9 rings (SSSR count). The van der Waals surface area contributed by atoms with Gasteiger partial charge in [0.05, 0.1) is 46.7 Å². The molecule has 0 radical (unpaired) electrons. The molecule has 3 aromatic carbocycles. The number of benzene rings is 3. The van der Waals surface area contributed by atoms with Crippen LogP contribution in [0.3, 0.4) is 0 Å². The highest BCUT2D eigenvalue weighted by Crippen LogP contribution is 2.45. The van der Waals surface area contributed by atoms with Crippen LogP contribution in [0, 0.1) is 23.0 Å². The second-order valence-corrected chi connectivity index (χ2v) is 17.8. The number of nitriles is 1. The van der Waals surface area contributed by atoms with Gasteiger partial charge < -0.3 is 24.2 Å². The van der Waals surface area contributed by atoms with Crippen LogP contribution in [0.2, 0.25) is 0 Å². The van der Waals surface area contributed by atoms with E-state index in [2.05, 4.69) is 31.1 Å². The van der Waals surface area contributed by atoms with E-state index in [0.29, 0.717) is 58.4 Å². The van der Waals surface area contributed by atoms with E-state index in [-0.39, 0.29) is 60.0 Å². The first-order valence-corrected chi connectivity index (χ1v) is 21.9. The highest BCUT2D eigenvalue weighted by atomic mass is 32.2. The van der Waals surface area contributed by atoms with Crippen LogP contribution in [0.1, 0.15) is 80.0 Å². The number of hydrogen-bond donors (Lipinski definition) is 3. The quantitative estimate of drug-likeness (QED) is 0.118. The molecular formula is C44H48F2N10O5S. The lowest BCUT2D eigenvalue weighted by molar-refractivity contribution is -0.120. The third kappa shape index (κ3) is 8.27. The van der Waals surface area contributed by atoms with Crippen LogP contribution in [0.4, 0.5) is 25.1 Å². The molecule has 3 amide bonds. The van der Waals surface area contributed by atoms with Crippen LogP contribution in [-0.4, -0.2) is 104 Å². The molecule has 1 atom stereocenters. The van der Waals surface area contributed by atoms with Crippen molar-refractivity contribution in [3.05, 3.63) is 77.1 Å². The number of halogens is 2. The second kappa shape index (κ2) is 17.4. The number of hydrogen-bond acceptors (Lipinski definition) is 13. The Hall–Kier alpha value is -5.45. The molecule has 3 aliphatic heterocycles. The van der Waals surface area contributed by atoms with Crippen molar-refractivity contribution in [2.45, 2.75) is 74.8 Å². The number of fused-ring (bicyclic) bond motifs is 2. The first-order valence-electron chi connectivity index (χ1n) is 21.1. The average Bonchev–Trinajstić information content (AvgIpc) is 3.83. The number of likely N-dealkylation sites (N-methyl/N-ethyl adjacent to an activating group) is 1. The Balaban J connectivity index is 0.808. The monoisotopic (exact) mass is 866 g/mol. The van der Waals surface area contributed by atoms with Gasteiger partial charge in [-0.25, -0.2) is 22.9 Å². The summed E-state index contributed by atoms with van der Waals surface area (Å²) in [4.78, 5) is 37.9. The molecular weight excluding hydrogens is 819 g/mol. The molecule has 1 unspecified atom stereocenters. The summed E-state index contributed by atoms with van der Waals surface area (Å²) in [7, 11) is 3.57. The molecule has 1 aliphatic carbocycles. The van der Waals surface area contributed by atoms with E-state index in [4.69, 9.17) is 14.5 Å². The van der Waals surface area contributed by atoms with Gasteiger partial charge in [-0.05, 0) is 99.9 Å². The number of carbonyl (C=O) groups is 2. The number of nitrogens with zero attached hydrogens (tertiary/aromatic N) is 8. The smallest absolute Gasteiger partial charge is 0.329 e. The number of ether oxygens (including phenoxy) is 2. The topological polar surface area (TPSA) is 174 Å². The van der Waals surface area contributed by atoms with Crippen LogP contribution in [0.25, 0.3) is 21.9 Å². The summed E-state index contributed by atoms with van der Waals surface area (Å²) in [5.41, 5.74) is 3.68. The van der Waals surface area contributed by atoms with Crippen LogP contribution in [0.15, 0.2) is 48.7 Å². The number of piperidine rings is 1. The van der Waals surface area contributed by atoms with Gasteiger partial charge in [0, 0.05) is 81.4 Å². The van der Waals surface area contributed by atoms with Gasteiger partial charge in [-0.2, -0.15) is 10.4 Å². The molecule has 2 aromatic heterocycles. The van der Waals surface area contributed by atoms with Crippen molar-refractivity contribution in [2.75, 3.05) is 56.1 Å². The molecule has 5 aromatic rings. The van der Waals surface area contributed by atoms with Crippen molar-refractivity contribution < 1.29 is 33.0 Å². The zero-order valence-corrected chi connectivity index (χ0v) is 35.4. The molecule has 1 spiro atoms. The molecule has 15 nitrogen and oxygen atoms in total. The van der Waals surface area contributed by atoms with E-state index in [1.807, 2.05) is 12.3 Å². The number of anilines is 2. The van der Waals surface area contributed by atoms with Gasteiger partial charge in [0.2, 0.25) is 5.91 Å². The maximum absolute atomic E-state index is 15.8. The van der Waals surface area contributed by atoms with Crippen LogP contribution in [-0.2, 0) is 16.6 Å². The molecule has 324 valence electrons. The van der Waals surface area contributed by atoms with Gasteiger partial charge in [-0.15, -0.1) is 0 Å². The largest absolute Gasteiger partial charge is 0.453 e. The summed E-state index contributed by atoms with van der Waals surface area (Å²) in [6, 6.07) is 13.2. The minimum Gasteiger partial charge on any atom is -0.453 e. The van der Waals surface area contributed by atoms with Crippen molar-refractivity contribution in [2.24, 2.45) is 7.05 Å². The number of amides is 3. The van der Waals surface area contributed by atoms with E-state index in [0.717, 1.165) is 69.2 Å². The highest BCUT2D eigenvalue weighted by molar-refractivity contribution is 7.98. The average molecular weight is 867 g/mol. The number of aliphatic hydroxyl groups excluding tert-OH is 1. The summed E-state index contributed by atoms with van der Waals surface area (Å²) >= 11 is 1.17. The fraction of sp³-hybridized carbons (Fsp3) is 0.455. The van der Waals surface area contributed by atoms with Gasteiger partial charge >= 0.3 is 6.03 Å². The number of rotatable bonds is 11. The Morgan fingerprint density at radius 3 is 2.63 bits per heavy atom. The van der Waals surface area contributed by atoms with Gasteiger partial charge in [0.15, 0.2) is 17.4 Å². The molecule has 1 saturated carbocycles. The second-order valence-electron chi connectivity index (χ2n) is 16.8. The van der Waals surface area contributed by atoms with Gasteiger partial charge in [-0.3, -0.25) is 24.7 Å². The van der Waals surface area contributed by atoms with Crippen molar-refractivity contribution in [3.8, 4) is 17.6 Å². The van der Waals surface area contributed by atoms with Gasteiger partial charge in [0.25, 0.3) is 0 Å². The Kier molecular flexibility index (Phi) is 11.7. The lowest BCUT2D eigenvalue weighted by Crippen LogP contribution is -2.49. The van der Waals surface area contributed by atoms with E-state index in [9.17, 15) is 20.0 Å². The lowest BCUT2D eigenvalue weighted by Gasteiger charge is -2.44. The Labute approximate surface area is 361 Å². The van der Waals surface area contributed by atoms with E-state index < -0.39 is 11.8 Å². The zero-order chi connectivity index (χ0) is 43.1. The van der Waals surface area contributed by atoms with Crippen molar-refractivity contribution >= 4 is 57.5 Å². The third-order valence-electron chi connectivity index (χ3n) is 12.9. The number of likely N-dealkylation sites (tertiary alicyclic amines) is 1. The van der Waals surface area contributed by atoms with E-state index >= 15 is 8.78 Å². The Morgan fingerprint density at radius 2 is 1.87 bits per heavy atom. The number of nitrogens with one attached hydrogen (secondary N) is 2. The Morgan fingerprint density at radius 1 is 1.06 bits per heavy atom. The van der Waals surface area contributed by atoms with E-state index in [1.54, 1.807) is 41.3 Å². The summed E-state index contributed by atoms with van der Waals surface area (Å²) in [6.07, 6.45) is 8.35. The van der Waals surface area contributed by atoms with Crippen LogP contribution in [0.5, 0.6) is 11.5 Å². The standard InChI is InChI=1S/C44H48F2N10O5S/c1-53(17-18-57)62-52-35-10-8-33(45)41(32(35)23-47)61-29-7-9-36-37(19-29)49-38(24-48-36)27-22-44(60-25-27)12-15-55(16-13-44)28-5-3-26(4-6-28)30-21-39-31(20-34(30)46)42(51-54(39)2)56-14-11-40(58)50-43(56)59/h7-10,19-21,24,26-28,52,57H,3-6,11-18,22,25H2,1-2H3,(H,50,58,59). The molecule has 18 heteroatoms. The van der Waals surface area contributed by atoms with Crippen molar-refractivity contribution in [1.82, 2.24) is 34.3 Å². The molecule has 4 aliphatic rings. The summed E-state index contributed by atoms with van der Waals surface area (Å²) < 4.78 is 49.9. The first kappa shape index (κ1) is 41.9. The predicted molar refractivity (Wildman–Crippen MR) is 230 cm³/mol. The summed E-state index contributed by atoms with van der Waals surface area (Å²) in [5.74, 6) is -0.668. The van der Waals surface area contributed by atoms with Crippen molar-refractivity contribution in [1.29, 1.82) is 5.26 Å². The van der Waals surface area contributed by atoms with E-state index in [1.165, 1.54) is 35.2 Å². The minimum absolute atomic E-state index is 0.0136. The molecule has 3 saturated heterocycles. The van der Waals surface area contributed by atoms with Gasteiger partial charge in [0.1, 0.15) is 23.2 Å². The highest BCUT2D eigenvalue weighted by Gasteiger charge is 2.45. The number of aryl methyl sites for hydroxylation is 1. The van der Waals surface area contributed by atoms with Crippen LogP contribution >= 0.6 is 12.1 Å². The number of aromatic nitrogens is 4. The SMILES string of the molecule is CN(CCO)SNc1ccc(F)c(Oc2ccc3ncc(C4COC5(CCN(C6CCC(c7cc8c(cc7F)c(N7CCC(=O)NC7=O)nn8C)CC6)CC5)C4)nc3c2)c1C#N. The van der Waals surface area contributed by atoms with Gasteiger partial charge in [-0.1, -0.05) is 0 Å². The molecule has 0 bridgehead atoms. The first-order chi connectivity index (χ1) is 30.0. The number of aliphatic hydroxyl groups is 1. The molecule has 62 heavy (non-hydrogen) atoms. The zero-order valence-electron chi connectivity index (χ0n) is 34.6. The lowest BCUT2D eigenvalue weighted by atomic mass is 9.79. The van der Waals surface area contributed by atoms with Crippen molar-refractivity contribution in [3.63, 3.8) is 0 Å². The number of urea groups is 1. The number of carbonyl (C=O) groups excluding carboxylic acids is 2. The predicted octanol–water partition coefficient (Wildman–Crippen LogP) is 6.87. The summed E-state index contributed by atoms with van der Waals surface area (Å²) in [5, 5.41) is 26.6. The molecule has 3 N–H and O–H groups in total. The Bertz CT molecular complexity index is 2570. The number of imide groups is 1. The fourth-order valence-corrected chi connectivity index (χ4v) is 10.1. The minimum atomic E-state index is -0.675. The summed E-state index contributed by atoms with van der Waals surface area (Å²) in [6.45, 7) is 2.96. The maximum atomic E-state index is 15.8. The molecule has 5 heterocycles. The normalized spacial score (nSPS) is 21.8. The van der Waals surface area contributed by atoms with Crippen LogP contribution < -0.4 is 19.7 Å². The third-order valence-corrected chi connectivity index (χ3v) is 13.8. The fourth-order valence-electron chi connectivity index (χ4n) is 9.53. The maximum Gasteiger partial charge on any atom is 0.329 e. The molecule has 4 fully saturated rings.